The molecular weight excluding hydrogens is 216 g/mol. The highest BCUT2D eigenvalue weighted by molar-refractivity contribution is 5.50. The third kappa shape index (κ3) is 4.61. The molecule has 1 aromatic rings. The van der Waals surface area contributed by atoms with Crippen LogP contribution in [0.15, 0.2) is 18.3 Å². The van der Waals surface area contributed by atoms with Gasteiger partial charge in [-0.05, 0) is 38.8 Å². The molecule has 4 nitrogen and oxygen atoms in total. The Bertz CT molecular complexity index is 329. The van der Waals surface area contributed by atoms with Gasteiger partial charge in [-0.1, -0.05) is 6.92 Å². The van der Waals surface area contributed by atoms with E-state index in [-0.39, 0.29) is 18.8 Å². The van der Waals surface area contributed by atoms with Crippen molar-refractivity contribution in [3.05, 3.63) is 18.3 Å². The number of aromatic nitrogens is 1. The normalized spacial score (nSPS) is 12.5. The minimum atomic E-state index is 0.123. The lowest BCUT2D eigenvalue weighted by atomic mass is 10.1. The lowest BCUT2D eigenvalue weighted by Gasteiger charge is -2.19. The van der Waals surface area contributed by atoms with Gasteiger partial charge < -0.3 is 15.2 Å². The fourth-order valence-electron chi connectivity index (χ4n) is 1.58. The number of hydrogen-bond donors (Lipinski definition) is 2. The molecule has 0 radical (unpaired) electrons. The van der Waals surface area contributed by atoms with Crippen molar-refractivity contribution in [2.45, 2.75) is 45.8 Å². The van der Waals surface area contributed by atoms with Crippen molar-refractivity contribution < 1.29 is 9.84 Å². The summed E-state index contributed by atoms with van der Waals surface area (Å²) in [6.45, 7) is 6.24. The Kier molecular flexibility index (Phi) is 5.77. The van der Waals surface area contributed by atoms with Crippen LogP contribution in [0.1, 0.15) is 33.6 Å². The van der Waals surface area contributed by atoms with Crippen LogP contribution in [0.25, 0.3) is 0 Å². The highest BCUT2D eigenvalue weighted by Crippen LogP contribution is 2.23. The Labute approximate surface area is 103 Å². The van der Waals surface area contributed by atoms with Gasteiger partial charge in [-0.15, -0.1) is 0 Å². The predicted molar refractivity (Wildman–Crippen MR) is 69.4 cm³/mol. The van der Waals surface area contributed by atoms with E-state index in [2.05, 4.69) is 17.2 Å². The molecule has 17 heavy (non-hydrogen) atoms. The number of aliphatic hydroxyl groups is 1. The third-order valence-corrected chi connectivity index (χ3v) is 2.44. The van der Waals surface area contributed by atoms with E-state index >= 15 is 0 Å². The molecule has 0 bridgehead atoms. The van der Waals surface area contributed by atoms with Crippen LogP contribution in [0.3, 0.4) is 0 Å². The van der Waals surface area contributed by atoms with Crippen LogP contribution < -0.4 is 10.1 Å². The van der Waals surface area contributed by atoms with Crippen LogP contribution in [-0.2, 0) is 0 Å². The van der Waals surface area contributed by atoms with Crippen LogP contribution in [0, 0.1) is 0 Å². The topological polar surface area (TPSA) is 54.4 Å². The van der Waals surface area contributed by atoms with Gasteiger partial charge in [-0.25, -0.2) is 4.98 Å². The molecule has 1 atom stereocenters. The average Bonchev–Trinajstić information content (AvgIpc) is 2.30. The van der Waals surface area contributed by atoms with Crippen molar-refractivity contribution in [2.24, 2.45) is 0 Å². The first-order chi connectivity index (χ1) is 8.17. The van der Waals surface area contributed by atoms with E-state index in [0.717, 1.165) is 18.0 Å². The Morgan fingerprint density at radius 1 is 1.47 bits per heavy atom. The molecule has 96 valence electrons. The Morgan fingerprint density at radius 3 is 2.82 bits per heavy atom. The van der Waals surface area contributed by atoms with Crippen molar-refractivity contribution >= 4 is 5.82 Å². The van der Waals surface area contributed by atoms with Crippen molar-refractivity contribution in [2.75, 3.05) is 11.9 Å². The molecule has 1 heterocycles. The van der Waals surface area contributed by atoms with Crippen LogP contribution in [0.2, 0.25) is 0 Å². The van der Waals surface area contributed by atoms with Crippen LogP contribution in [0.5, 0.6) is 5.75 Å². The average molecular weight is 238 g/mol. The summed E-state index contributed by atoms with van der Waals surface area (Å²) in [4.78, 5) is 4.28. The summed E-state index contributed by atoms with van der Waals surface area (Å²) in [5, 5.41) is 12.3. The highest BCUT2D eigenvalue weighted by Gasteiger charge is 2.11. The minimum absolute atomic E-state index is 0.123. The second-order valence-corrected chi connectivity index (χ2v) is 4.28. The zero-order valence-electron chi connectivity index (χ0n) is 10.8. The van der Waals surface area contributed by atoms with Crippen LogP contribution in [0.4, 0.5) is 5.82 Å². The van der Waals surface area contributed by atoms with E-state index in [4.69, 9.17) is 9.84 Å². The Hall–Kier alpha value is -1.29. The van der Waals surface area contributed by atoms with Gasteiger partial charge >= 0.3 is 0 Å². The molecule has 0 aliphatic heterocycles. The molecule has 1 unspecified atom stereocenters. The number of nitrogens with zero attached hydrogens (tertiary/aromatic N) is 1. The maximum absolute atomic E-state index is 8.97. The molecule has 4 heteroatoms. The molecule has 1 aromatic heterocycles. The lowest BCUT2D eigenvalue weighted by molar-refractivity contribution is 0.242. The number of hydrogen-bond acceptors (Lipinski definition) is 4. The molecule has 0 fully saturated rings. The van der Waals surface area contributed by atoms with Gasteiger partial charge in [0, 0.05) is 18.8 Å². The van der Waals surface area contributed by atoms with Crippen LogP contribution in [-0.4, -0.2) is 28.8 Å². The highest BCUT2D eigenvalue weighted by atomic mass is 16.5. The van der Waals surface area contributed by atoms with Gasteiger partial charge in [0.2, 0.25) is 0 Å². The maximum atomic E-state index is 8.97. The minimum Gasteiger partial charge on any atom is -0.487 e. The third-order valence-electron chi connectivity index (χ3n) is 2.44. The molecule has 0 spiro atoms. The van der Waals surface area contributed by atoms with E-state index in [1.807, 2.05) is 26.0 Å². The molecule has 2 N–H and O–H groups in total. The zero-order chi connectivity index (χ0) is 12.7. The fourth-order valence-corrected chi connectivity index (χ4v) is 1.58. The number of anilines is 1. The number of ether oxygens (including phenoxy) is 1. The summed E-state index contributed by atoms with van der Waals surface area (Å²) in [7, 11) is 0. The summed E-state index contributed by atoms with van der Waals surface area (Å²) in [5.74, 6) is 1.51. The standard InChI is InChI=1S/C13H22N2O2/c1-4-11(7-9-16)15-13-12(17-10(2)3)6-5-8-14-13/h5-6,8,10-11,16H,4,7,9H2,1-3H3,(H,14,15). The largest absolute Gasteiger partial charge is 0.487 e. The quantitative estimate of drug-likeness (QED) is 0.766. The van der Waals surface area contributed by atoms with E-state index in [9.17, 15) is 0 Å². The maximum Gasteiger partial charge on any atom is 0.168 e. The first-order valence-electron chi connectivity index (χ1n) is 6.16. The molecule has 0 aliphatic carbocycles. The number of pyridine rings is 1. The van der Waals surface area contributed by atoms with Crippen molar-refractivity contribution in [3.8, 4) is 5.75 Å². The Morgan fingerprint density at radius 2 is 2.24 bits per heavy atom. The summed E-state index contributed by atoms with van der Waals surface area (Å²) in [6, 6.07) is 3.99. The van der Waals surface area contributed by atoms with E-state index in [0.29, 0.717) is 6.42 Å². The molecule has 0 aliphatic rings. The van der Waals surface area contributed by atoms with Gasteiger partial charge in [0.15, 0.2) is 11.6 Å². The smallest absolute Gasteiger partial charge is 0.168 e. The summed E-state index contributed by atoms with van der Waals surface area (Å²) in [5.41, 5.74) is 0. The zero-order valence-corrected chi connectivity index (χ0v) is 10.8. The molecule has 0 amide bonds. The first-order valence-corrected chi connectivity index (χ1v) is 6.16. The molecular formula is C13H22N2O2. The SMILES string of the molecule is CCC(CCO)Nc1ncccc1OC(C)C. The predicted octanol–water partition coefficient (Wildman–Crippen LogP) is 2.44. The van der Waals surface area contributed by atoms with Crippen molar-refractivity contribution in [3.63, 3.8) is 0 Å². The van der Waals surface area contributed by atoms with Gasteiger partial charge in [-0.3, -0.25) is 0 Å². The summed E-state index contributed by atoms with van der Waals surface area (Å²) >= 11 is 0. The number of aliphatic hydroxyl groups excluding tert-OH is 1. The monoisotopic (exact) mass is 238 g/mol. The number of nitrogens with one attached hydrogen (secondary N) is 1. The van der Waals surface area contributed by atoms with Crippen molar-refractivity contribution in [1.82, 2.24) is 4.98 Å². The first kappa shape index (κ1) is 13.8. The van der Waals surface area contributed by atoms with Gasteiger partial charge in [0.05, 0.1) is 6.10 Å². The summed E-state index contributed by atoms with van der Waals surface area (Å²) < 4.78 is 5.68. The second-order valence-electron chi connectivity index (χ2n) is 4.28. The Balaban J connectivity index is 2.74. The van der Waals surface area contributed by atoms with Gasteiger partial charge in [0.1, 0.15) is 0 Å². The van der Waals surface area contributed by atoms with Crippen LogP contribution >= 0.6 is 0 Å². The lowest BCUT2D eigenvalue weighted by Crippen LogP contribution is -2.21. The van der Waals surface area contributed by atoms with Gasteiger partial charge in [-0.2, -0.15) is 0 Å². The molecule has 0 saturated carbocycles. The molecule has 0 aromatic carbocycles. The van der Waals surface area contributed by atoms with E-state index < -0.39 is 0 Å². The fraction of sp³-hybridized carbons (Fsp3) is 0.615. The van der Waals surface area contributed by atoms with E-state index in [1.54, 1.807) is 6.20 Å². The van der Waals surface area contributed by atoms with Gasteiger partial charge in [0.25, 0.3) is 0 Å². The van der Waals surface area contributed by atoms with Crippen molar-refractivity contribution in [1.29, 1.82) is 0 Å². The summed E-state index contributed by atoms with van der Waals surface area (Å²) in [6.07, 6.45) is 3.52. The molecule has 0 saturated heterocycles. The number of rotatable bonds is 7. The molecule has 1 rings (SSSR count). The second kappa shape index (κ2) is 7.12. The van der Waals surface area contributed by atoms with E-state index in [1.165, 1.54) is 0 Å².